The number of rotatable bonds is 5. The maximum atomic E-state index is 6.37. The van der Waals surface area contributed by atoms with Gasteiger partial charge in [-0.2, -0.15) is 0 Å². The third-order valence-corrected chi connectivity index (χ3v) is 4.49. The Morgan fingerprint density at radius 2 is 1.75 bits per heavy atom. The highest BCUT2D eigenvalue weighted by molar-refractivity contribution is 6.31. The van der Waals surface area contributed by atoms with Crippen molar-refractivity contribution in [3.05, 3.63) is 16.5 Å². The molecule has 0 unspecified atom stereocenters. The van der Waals surface area contributed by atoms with Gasteiger partial charge in [-0.1, -0.05) is 38.3 Å². The predicted molar refractivity (Wildman–Crippen MR) is 85.6 cm³/mol. The maximum Gasteiger partial charge on any atom is 0.171 e. The molecular weight excluding hydrogens is 270 g/mol. The molecule has 1 saturated carbocycles. The van der Waals surface area contributed by atoms with Crippen LogP contribution in [0.1, 0.15) is 57.3 Å². The summed E-state index contributed by atoms with van der Waals surface area (Å²) in [5, 5.41) is 0.559. The van der Waals surface area contributed by atoms with E-state index in [0.717, 1.165) is 23.8 Å². The standard InChI is InChI=1S/C16H26ClN3/c1-11(2)9-10-20(14-7-5-6-8-14)16-15(17)18-12(3)13(4)19-16/h11,14H,5-10H2,1-4H3. The monoisotopic (exact) mass is 295 g/mol. The molecule has 1 aliphatic rings. The minimum absolute atomic E-state index is 0.559. The molecule has 1 aromatic heterocycles. The van der Waals surface area contributed by atoms with Gasteiger partial charge in [0.25, 0.3) is 0 Å². The van der Waals surface area contributed by atoms with Crippen LogP contribution in [0.15, 0.2) is 0 Å². The molecule has 112 valence electrons. The highest BCUT2D eigenvalue weighted by Gasteiger charge is 2.26. The SMILES string of the molecule is Cc1nc(Cl)c(N(CCC(C)C)C2CCCC2)nc1C. The first-order valence-electron chi connectivity index (χ1n) is 7.76. The van der Waals surface area contributed by atoms with Gasteiger partial charge in [0.1, 0.15) is 0 Å². The van der Waals surface area contributed by atoms with E-state index < -0.39 is 0 Å². The second-order valence-corrected chi connectivity index (χ2v) is 6.68. The van der Waals surface area contributed by atoms with Gasteiger partial charge in [0.15, 0.2) is 11.0 Å². The molecule has 1 heterocycles. The molecule has 1 aromatic rings. The number of hydrogen-bond acceptors (Lipinski definition) is 3. The average molecular weight is 296 g/mol. The Morgan fingerprint density at radius 1 is 1.15 bits per heavy atom. The zero-order valence-electron chi connectivity index (χ0n) is 13.1. The van der Waals surface area contributed by atoms with Gasteiger partial charge in [-0.25, -0.2) is 9.97 Å². The second kappa shape index (κ2) is 6.75. The molecule has 4 heteroatoms. The summed E-state index contributed by atoms with van der Waals surface area (Å²) in [4.78, 5) is 11.6. The summed E-state index contributed by atoms with van der Waals surface area (Å²) in [6, 6.07) is 0.586. The smallest absolute Gasteiger partial charge is 0.171 e. The van der Waals surface area contributed by atoms with E-state index in [2.05, 4.69) is 23.7 Å². The number of halogens is 1. The molecule has 0 amide bonds. The molecule has 0 aliphatic heterocycles. The average Bonchev–Trinajstić information content (AvgIpc) is 2.89. The van der Waals surface area contributed by atoms with Crippen LogP contribution in [0.25, 0.3) is 0 Å². The molecule has 0 saturated heterocycles. The Balaban J connectivity index is 2.27. The third kappa shape index (κ3) is 3.63. The lowest BCUT2D eigenvalue weighted by atomic mass is 10.1. The van der Waals surface area contributed by atoms with Crippen molar-refractivity contribution in [3.8, 4) is 0 Å². The Bertz CT molecular complexity index is 453. The minimum atomic E-state index is 0.559. The Labute approximate surface area is 127 Å². The van der Waals surface area contributed by atoms with Gasteiger partial charge in [-0.05, 0) is 39.0 Å². The van der Waals surface area contributed by atoms with Crippen molar-refractivity contribution in [2.45, 2.75) is 65.8 Å². The fraction of sp³-hybridized carbons (Fsp3) is 0.750. The second-order valence-electron chi connectivity index (χ2n) is 6.32. The predicted octanol–water partition coefficient (Wildman–Crippen LogP) is 4.54. The lowest BCUT2D eigenvalue weighted by molar-refractivity contribution is 0.524. The number of aryl methyl sites for hydroxylation is 2. The van der Waals surface area contributed by atoms with Gasteiger partial charge in [0.2, 0.25) is 0 Å². The van der Waals surface area contributed by atoms with Crippen molar-refractivity contribution in [2.24, 2.45) is 5.92 Å². The number of hydrogen-bond donors (Lipinski definition) is 0. The van der Waals surface area contributed by atoms with E-state index in [0.29, 0.717) is 17.1 Å². The molecule has 0 bridgehead atoms. The fourth-order valence-corrected chi connectivity index (χ4v) is 3.10. The Hall–Kier alpha value is -0.830. The van der Waals surface area contributed by atoms with Crippen LogP contribution >= 0.6 is 11.6 Å². The topological polar surface area (TPSA) is 29.0 Å². The first kappa shape index (κ1) is 15.6. The van der Waals surface area contributed by atoms with E-state index in [1.165, 1.54) is 32.1 Å². The van der Waals surface area contributed by atoms with Crippen molar-refractivity contribution in [2.75, 3.05) is 11.4 Å². The molecule has 2 rings (SSSR count). The van der Waals surface area contributed by atoms with Crippen LogP contribution in [0.2, 0.25) is 5.15 Å². The first-order chi connectivity index (χ1) is 9.49. The van der Waals surface area contributed by atoms with Crippen LogP contribution in [0.5, 0.6) is 0 Å². The van der Waals surface area contributed by atoms with E-state index >= 15 is 0 Å². The number of aromatic nitrogens is 2. The molecule has 0 radical (unpaired) electrons. The highest BCUT2D eigenvalue weighted by atomic mass is 35.5. The number of anilines is 1. The quantitative estimate of drug-likeness (QED) is 0.798. The summed E-state index contributed by atoms with van der Waals surface area (Å²) in [6.45, 7) is 9.53. The van der Waals surface area contributed by atoms with Gasteiger partial charge in [0, 0.05) is 12.6 Å². The van der Waals surface area contributed by atoms with Crippen LogP contribution in [0.3, 0.4) is 0 Å². The van der Waals surface area contributed by atoms with Gasteiger partial charge >= 0.3 is 0 Å². The summed E-state index contributed by atoms with van der Waals surface area (Å²) >= 11 is 6.37. The third-order valence-electron chi connectivity index (χ3n) is 4.23. The molecule has 0 N–H and O–H groups in total. The van der Waals surface area contributed by atoms with E-state index in [1.807, 2.05) is 13.8 Å². The summed E-state index contributed by atoms with van der Waals surface area (Å²) in [7, 11) is 0. The lowest BCUT2D eigenvalue weighted by Crippen LogP contribution is -2.36. The summed E-state index contributed by atoms with van der Waals surface area (Å²) in [5.41, 5.74) is 1.91. The van der Waals surface area contributed by atoms with Crippen molar-refractivity contribution in [1.82, 2.24) is 9.97 Å². The zero-order chi connectivity index (χ0) is 14.7. The van der Waals surface area contributed by atoms with Gasteiger partial charge in [-0.3, -0.25) is 0 Å². The Morgan fingerprint density at radius 3 is 2.35 bits per heavy atom. The summed E-state index contributed by atoms with van der Waals surface area (Å²) < 4.78 is 0. The molecule has 20 heavy (non-hydrogen) atoms. The van der Waals surface area contributed by atoms with E-state index in [1.54, 1.807) is 0 Å². The highest BCUT2D eigenvalue weighted by Crippen LogP contribution is 2.31. The van der Waals surface area contributed by atoms with Gasteiger partial charge in [0.05, 0.1) is 11.4 Å². The summed E-state index contributed by atoms with van der Waals surface area (Å²) in [5.74, 6) is 1.58. The molecular formula is C16H26ClN3. The van der Waals surface area contributed by atoms with Crippen LogP contribution in [-0.2, 0) is 0 Å². The van der Waals surface area contributed by atoms with Crippen molar-refractivity contribution in [1.29, 1.82) is 0 Å². The normalized spacial score (nSPS) is 16.1. The minimum Gasteiger partial charge on any atom is -0.351 e. The zero-order valence-corrected chi connectivity index (χ0v) is 13.9. The summed E-state index contributed by atoms with van der Waals surface area (Å²) in [6.07, 6.45) is 6.31. The Kier molecular flexibility index (Phi) is 5.25. The molecule has 0 atom stereocenters. The van der Waals surface area contributed by atoms with Crippen LogP contribution in [0, 0.1) is 19.8 Å². The molecule has 0 aromatic carbocycles. The first-order valence-corrected chi connectivity index (χ1v) is 8.14. The van der Waals surface area contributed by atoms with E-state index in [4.69, 9.17) is 16.6 Å². The molecule has 3 nitrogen and oxygen atoms in total. The fourth-order valence-electron chi connectivity index (χ4n) is 2.82. The number of nitrogens with zero attached hydrogens (tertiary/aromatic N) is 3. The van der Waals surface area contributed by atoms with Crippen molar-refractivity contribution in [3.63, 3.8) is 0 Å². The van der Waals surface area contributed by atoms with E-state index in [-0.39, 0.29) is 0 Å². The largest absolute Gasteiger partial charge is 0.351 e. The van der Waals surface area contributed by atoms with Crippen LogP contribution in [-0.4, -0.2) is 22.6 Å². The van der Waals surface area contributed by atoms with Crippen molar-refractivity contribution >= 4 is 17.4 Å². The van der Waals surface area contributed by atoms with Crippen molar-refractivity contribution < 1.29 is 0 Å². The van der Waals surface area contributed by atoms with Crippen LogP contribution < -0.4 is 4.90 Å². The molecule has 0 spiro atoms. The van der Waals surface area contributed by atoms with E-state index in [9.17, 15) is 0 Å². The van der Waals surface area contributed by atoms with Gasteiger partial charge < -0.3 is 4.90 Å². The molecule has 1 aliphatic carbocycles. The van der Waals surface area contributed by atoms with Gasteiger partial charge in [-0.15, -0.1) is 0 Å². The lowest BCUT2D eigenvalue weighted by Gasteiger charge is -2.31. The molecule has 1 fully saturated rings. The maximum absolute atomic E-state index is 6.37. The van der Waals surface area contributed by atoms with Crippen LogP contribution in [0.4, 0.5) is 5.82 Å².